The first-order valence-electron chi connectivity index (χ1n) is 13.9. The zero-order valence-electron chi connectivity index (χ0n) is 23.0. The molecule has 0 aliphatic carbocycles. The molecule has 3 aliphatic heterocycles. The monoisotopic (exact) mass is 629 g/mol. The van der Waals surface area contributed by atoms with Crippen molar-refractivity contribution in [2.75, 3.05) is 30.4 Å². The van der Waals surface area contributed by atoms with Gasteiger partial charge in [0.1, 0.15) is 11.8 Å². The summed E-state index contributed by atoms with van der Waals surface area (Å²) in [7, 11) is 0. The number of para-hydroxylation sites is 1. The van der Waals surface area contributed by atoms with E-state index in [9.17, 15) is 19.5 Å². The number of ether oxygens (including phenoxy) is 1. The zero-order valence-corrected chi connectivity index (χ0v) is 25.4. The first-order valence-corrected chi connectivity index (χ1v) is 15.7. The van der Waals surface area contributed by atoms with Gasteiger partial charge in [-0.2, -0.15) is 0 Å². The number of halogens is 1. The van der Waals surface area contributed by atoms with Crippen LogP contribution in [0.15, 0.2) is 42.5 Å². The van der Waals surface area contributed by atoms with Crippen LogP contribution in [0, 0.1) is 25.7 Å². The van der Waals surface area contributed by atoms with Crippen molar-refractivity contribution in [3.63, 3.8) is 0 Å². The lowest BCUT2D eigenvalue weighted by Gasteiger charge is -2.35. The molecule has 8 nitrogen and oxygen atoms in total. The number of hydrogen-bond donors (Lipinski definition) is 3. The minimum Gasteiger partial charge on any atom is -0.494 e. The fourth-order valence-corrected chi connectivity index (χ4v) is 10.2. The number of nitrogens with zero attached hydrogens (tertiary/aromatic N) is 1. The number of amides is 3. The van der Waals surface area contributed by atoms with Gasteiger partial charge in [0.05, 0.1) is 23.2 Å². The van der Waals surface area contributed by atoms with Crippen LogP contribution in [-0.4, -0.2) is 68.4 Å². The number of benzene rings is 2. The molecule has 2 aromatic carbocycles. The van der Waals surface area contributed by atoms with Gasteiger partial charge in [-0.25, -0.2) is 0 Å². The number of rotatable bonds is 10. The summed E-state index contributed by atoms with van der Waals surface area (Å²) in [5, 5.41) is 15.4. The number of likely N-dealkylation sites (tertiary alicyclic amines) is 1. The highest BCUT2D eigenvalue weighted by Crippen LogP contribution is 2.67. The van der Waals surface area contributed by atoms with E-state index in [0.29, 0.717) is 38.1 Å². The van der Waals surface area contributed by atoms with Crippen LogP contribution in [0.1, 0.15) is 37.3 Å². The molecular formula is C30H36BrN3O5S. The Labute approximate surface area is 247 Å². The molecule has 6 atom stereocenters. The fourth-order valence-electron chi connectivity index (χ4n) is 6.59. The number of aryl methyl sites for hydroxylation is 2. The molecule has 40 heavy (non-hydrogen) atoms. The lowest BCUT2D eigenvalue weighted by Crippen LogP contribution is -2.53. The molecule has 5 rings (SSSR count). The predicted octanol–water partition coefficient (Wildman–Crippen LogP) is 4.52. The van der Waals surface area contributed by atoms with Crippen LogP contribution in [0.5, 0.6) is 5.75 Å². The molecule has 0 saturated carbocycles. The first kappa shape index (κ1) is 29.0. The van der Waals surface area contributed by atoms with Crippen molar-refractivity contribution in [1.82, 2.24) is 4.90 Å². The summed E-state index contributed by atoms with van der Waals surface area (Å²) in [6.07, 6.45) is 1.73. The number of alkyl halides is 1. The van der Waals surface area contributed by atoms with Crippen LogP contribution >= 0.6 is 27.7 Å². The smallest absolute Gasteiger partial charge is 0.248 e. The normalized spacial score (nSPS) is 28.5. The third-order valence-electron chi connectivity index (χ3n) is 8.31. The molecule has 3 heterocycles. The quantitative estimate of drug-likeness (QED) is 0.264. The second-order valence-corrected chi connectivity index (χ2v) is 13.5. The Morgan fingerprint density at radius 1 is 1.10 bits per heavy atom. The number of nitrogens with one attached hydrogen (secondary N) is 2. The van der Waals surface area contributed by atoms with Crippen molar-refractivity contribution in [3.8, 4) is 5.75 Å². The Bertz CT molecular complexity index is 1270. The summed E-state index contributed by atoms with van der Waals surface area (Å²) in [4.78, 5) is 43.7. The lowest BCUT2D eigenvalue weighted by molar-refractivity contribution is -0.138. The van der Waals surface area contributed by atoms with Crippen LogP contribution in [0.25, 0.3) is 0 Å². The predicted molar refractivity (Wildman–Crippen MR) is 161 cm³/mol. The minimum atomic E-state index is -0.726. The molecule has 2 aromatic rings. The third-order valence-corrected chi connectivity index (χ3v) is 11.5. The van der Waals surface area contributed by atoms with E-state index in [1.807, 2.05) is 39.0 Å². The van der Waals surface area contributed by atoms with Crippen LogP contribution in [0.4, 0.5) is 11.4 Å². The largest absolute Gasteiger partial charge is 0.494 e. The Morgan fingerprint density at radius 3 is 2.45 bits per heavy atom. The highest BCUT2D eigenvalue weighted by molar-refractivity contribution is 9.09. The second kappa shape index (κ2) is 11.7. The summed E-state index contributed by atoms with van der Waals surface area (Å²) >= 11 is 5.42. The van der Waals surface area contributed by atoms with E-state index in [4.69, 9.17) is 4.74 Å². The van der Waals surface area contributed by atoms with Gasteiger partial charge < -0.3 is 25.4 Å². The molecule has 3 fully saturated rings. The SMILES string of the molecule is CCOc1ccc(NC(=O)[C@H]2[C@H]3C(=O)N(CCCCO)C(C(=O)Nc4c(C)cccc4C)C34CC(Br)[C@@H]2S4)cc1. The van der Waals surface area contributed by atoms with E-state index < -0.39 is 22.6 Å². The Hall–Kier alpha value is -2.56. The number of hydrogen-bond acceptors (Lipinski definition) is 6. The third kappa shape index (κ3) is 5.03. The maximum atomic E-state index is 14.1. The first-order chi connectivity index (χ1) is 19.2. The van der Waals surface area contributed by atoms with Crippen LogP contribution < -0.4 is 15.4 Å². The van der Waals surface area contributed by atoms with Gasteiger partial charge in [0.25, 0.3) is 0 Å². The van der Waals surface area contributed by atoms with Crippen LogP contribution in [0.3, 0.4) is 0 Å². The van der Waals surface area contributed by atoms with Gasteiger partial charge in [0, 0.05) is 34.6 Å². The Balaban J connectivity index is 1.46. The van der Waals surface area contributed by atoms with Crippen molar-refractivity contribution in [1.29, 1.82) is 0 Å². The topological polar surface area (TPSA) is 108 Å². The molecule has 214 valence electrons. The summed E-state index contributed by atoms with van der Waals surface area (Å²) < 4.78 is 4.78. The summed E-state index contributed by atoms with van der Waals surface area (Å²) in [5.41, 5.74) is 3.30. The average molecular weight is 631 g/mol. The number of unbranched alkanes of at least 4 members (excludes halogenated alkanes) is 1. The molecule has 3 unspecified atom stereocenters. The van der Waals surface area contributed by atoms with Gasteiger partial charge in [-0.3, -0.25) is 14.4 Å². The van der Waals surface area contributed by atoms with Gasteiger partial charge in [0.15, 0.2) is 0 Å². The molecule has 1 spiro atoms. The molecule has 3 amide bonds. The molecule has 3 saturated heterocycles. The molecule has 0 radical (unpaired) electrons. The average Bonchev–Trinajstić information content (AvgIpc) is 3.51. The molecule has 3 N–H and O–H groups in total. The summed E-state index contributed by atoms with van der Waals surface area (Å²) in [6.45, 7) is 6.74. The van der Waals surface area contributed by atoms with Gasteiger partial charge in [-0.05, 0) is 75.4 Å². The fraction of sp³-hybridized carbons (Fsp3) is 0.500. The summed E-state index contributed by atoms with van der Waals surface area (Å²) in [6, 6.07) is 12.3. The highest BCUT2D eigenvalue weighted by Gasteiger charge is 2.75. The molecule has 10 heteroatoms. The van der Waals surface area contributed by atoms with Gasteiger partial charge >= 0.3 is 0 Å². The van der Waals surface area contributed by atoms with Crippen LogP contribution in [-0.2, 0) is 14.4 Å². The molecule has 0 aromatic heterocycles. The Morgan fingerprint density at radius 2 is 1.80 bits per heavy atom. The zero-order chi connectivity index (χ0) is 28.6. The number of carbonyl (C=O) groups is 3. The minimum absolute atomic E-state index is 0.00878. The number of aliphatic hydroxyl groups excluding tert-OH is 1. The summed E-state index contributed by atoms with van der Waals surface area (Å²) in [5.74, 6) is -1.06. The van der Waals surface area contributed by atoms with Crippen molar-refractivity contribution < 1.29 is 24.2 Å². The van der Waals surface area contributed by atoms with E-state index >= 15 is 0 Å². The Kier molecular flexibility index (Phi) is 8.50. The number of carbonyl (C=O) groups excluding carboxylic acids is 3. The van der Waals surface area contributed by atoms with E-state index in [2.05, 4.69) is 26.6 Å². The number of anilines is 2. The van der Waals surface area contributed by atoms with Crippen molar-refractivity contribution in [2.45, 2.75) is 60.9 Å². The van der Waals surface area contributed by atoms with Crippen molar-refractivity contribution in [3.05, 3.63) is 53.6 Å². The van der Waals surface area contributed by atoms with Gasteiger partial charge in [-0.1, -0.05) is 34.1 Å². The van der Waals surface area contributed by atoms with Gasteiger partial charge in [-0.15, -0.1) is 11.8 Å². The number of fused-ring (bicyclic) bond motifs is 1. The van der Waals surface area contributed by atoms with E-state index in [0.717, 1.165) is 22.6 Å². The number of aliphatic hydroxyl groups is 1. The van der Waals surface area contributed by atoms with Gasteiger partial charge in [0.2, 0.25) is 17.7 Å². The van der Waals surface area contributed by atoms with E-state index in [1.165, 1.54) is 0 Å². The van der Waals surface area contributed by atoms with E-state index in [-0.39, 0.29) is 34.4 Å². The van der Waals surface area contributed by atoms with E-state index in [1.54, 1.807) is 40.9 Å². The molecule has 3 aliphatic rings. The second-order valence-electron chi connectivity index (χ2n) is 10.8. The molecule has 2 bridgehead atoms. The molecular weight excluding hydrogens is 594 g/mol. The maximum absolute atomic E-state index is 14.1. The number of thioether (sulfide) groups is 1. The van der Waals surface area contributed by atoms with Crippen molar-refractivity contribution >= 4 is 56.8 Å². The lowest BCUT2D eigenvalue weighted by atomic mass is 9.70. The van der Waals surface area contributed by atoms with Crippen LogP contribution in [0.2, 0.25) is 0 Å². The standard InChI is InChI=1S/C30H36BrN3O5S/c1-4-39-20-12-10-19(11-13-20)32-27(36)22-23-29(38)34(14-5-6-15-35)26(30(23)16-21(31)25(22)40-30)28(37)33-24-17(2)8-7-9-18(24)3/h7-13,21-23,25-26,35H,4-6,14-16H2,1-3H3,(H,32,36)(H,33,37)/t21?,22-,23-,25-,26?,30?/m0/s1. The van der Waals surface area contributed by atoms with Crippen molar-refractivity contribution in [2.24, 2.45) is 11.8 Å². The highest BCUT2D eigenvalue weighted by atomic mass is 79.9. The maximum Gasteiger partial charge on any atom is 0.248 e.